The van der Waals surface area contributed by atoms with Crippen LogP contribution in [0.2, 0.25) is 0 Å². The topological polar surface area (TPSA) is 124 Å². The maximum atomic E-state index is 12.1. The zero-order valence-corrected chi connectivity index (χ0v) is 18.8. The minimum atomic E-state index is -0.182. The van der Waals surface area contributed by atoms with Gasteiger partial charge in [0.25, 0.3) is 0 Å². The van der Waals surface area contributed by atoms with E-state index < -0.39 is 0 Å². The van der Waals surface area contributed by atoms with Crippen LogP contribution in [-0.2, 0) is 4.79 Å². The summed E-state index contributed by atoms with van der Waals surface area (Å²) in [6.45, 7) is 3.72. The summed E-state index contributed by atoms with van der Waals surface area (Å²) in [4.78, 5) is 21.0. The predicted octanol–water partition coefficient (Wildman–Crippen LogP) is 4.66. The molecule has 3 aromatic rings. The fourth-order valence-electron chi connectivity index (χ4n) is 3.30. The zero-order valence-electron chi connectivity index (χ0n) is 18.8. The number of anilines is 2. The highest BCUT2D eigenvalue weighted by Crippen LogP contribution is 2.32. The first-order valence-corrected chi connectivity index (χ1v) is 10.8. The van der Waals surface area contributed by atoms with E-state index in [4.69, 9.17) is 10.00 Å². The summed E-state index contributed by atoms with van der Waals surface area (Å²) in [5.74, 6) is 0.957. The Hall–Kier alpha value is -4.69. The molecule has 1 aliphatic rings. The number of nitriles is 2. The van der Waals surface area contributed by atoms with Crippen LogP contribution in [0.5, 0.6) is 11.6 Å². The molecule has 168 valence electrons. The van der Waals surface area contributed by atoms with Gasteiger partial charge in [-0.1, -0.05) is 0 Å². The van der Waals surface area contributed by atoms with E-state index in [-0.39, 0.29) is 17.8 Å². The fourth-order valence-corrected chi connectivity index (χ4v) is 3.30. The first-order valence-electron chi connectivity index (χ1n) is 10.8. The van der Waals surface area contributed by atoms with Gasteiger partial charge in [0.15, 0.2) is 0 Å². The average Bonchev–Trinajstić information content (AvgIpc) is 3.65. The van der Waals surface area contributed by atoms with Gasteiger partial charge in [-0.25, -0.2) is 4.98 Å². The lowest BCUT2D eigenvalue weighted by Crippen LogP contribution is -2.22. The molecule has 0 saturated heterocycles. The highest BCUT2D eigenvalue weighted by atomic mass is 16.5. The molecule has 1 saturated carbocycles. The number of ether oxygens (including phenoxy) is 1. The second-order valence-corrected chi connectivity index (χ2v) is 8.04. The van der Waals surface area contributed by atoms with Crippen LogP contribution in [0.4, 0.5) is 11.6 Å². The Morgan fingerprint density at radius 3 is 2.38 bits per heavy atom. The van der Waals surface area contributed by atoms with Crippen molar-refractivity contribution in [2.24, 2.45) is 0 Å². The van der Waals surface area contributed by atoms with Gasteiger partial charge < -0.3 is 15.4 Å². The Bertz CT molecular complexity index is 1320. The quantitative estimate of drug-likeness (QED) is 0.502. The highest BCUT2D eigenvalue weighted by Gasteiger charge is 2.22. The number of nitrogens with one attached hydrogen (secondary N) is 2. The van der Waals surface area contributed by atoms with Gasteiger partial charge in [0.2, 0.25) is 17.7 Å². The van der Waals surface area contributed by atoms with E-state index in [0.29, 0.717) is 34.1 Å². The van der Waals surface area contributed by atoms with Crippen LogP contribution in [0.3, 0.4) is 0 Å². The Balaban J connectivity index is 1.65. The highest BCUT2D eigenvalue weighted by molar-refractivity contribution is 5.92. The number of aryl methyl sites for hydroxylation is 2. The molecule has 2 N–H and O–H groups in total. The molecular formula is C26H22N6O2. The van der Waals surface area contributed by atoms with Crippen LogP contribution >= 0.6 is 0 Å². The molecule has 1 amide bonds. The Morgan fingerprint density at radius 1 is 1.09 bits per heavy atom. The zero-order chi connectivity index (χ0) is 24.1. The largest absolute Gasteiger partial charge is 0.438 e. The molecule has 0 unspecified atom stereocenters. The van der Waals surface area contributed by atoms with E-state index in [1.54, 1.807) is 48.7 Å². The number of hydrogen-bond acceptors (Lipinski definition) is 7. The lowest BCUT2D eigenvalue weighted by Gasteiger charge is -2.14. The molecule has 34 heavy (non-hydrogen) atoms. The van der Waals surface area contributed by atoms with E-state index in [0.717, 1.165) is 24.0 Å². The molecule has 4 rings (SSSR count). The summed E-state index contributed by atoms with van der Waals surface area (Å²) >= 11 is 0. The van der Waals surface area contributed by atoms with Gasteiger partial charge >= 0.3 is 0 Å². The Kier molecular flexibility index (Phi) is 6.52. The third-order valence-corrected chi connectivity index (χ3v) is 5.18. The van der Waals surface area contributed by atoms with Crippen LogP contribution in [0, 0.1) is 36.5 Å². The average molecular weight is 451 g/mol. The van der Waals surface area contributed by atoms with Gasteiger partial charge in [-0.2, -0.15) is 15.5 Å². The van der Waals surface area contributed by atoms with Gasteiger partial charge in [-0.3, -0.25) is 4.79 Å². The first-order chi connectivity index (χ1) is 16.4. The van der Waals surface area contributed by atoms with E-state index in [1.807, 2.05) is 13.8 Å². The van der Waals surface area contributed by atoms with Gasteiger partial charge in [0.1, 0.15) is 5.75 Å². The SMILES string of the molecule is Cc1cc(C#N)cc(C)c1Oc1nc(Nc2ccc(C#N)cc2)ncc1/C=C/C(=O)NC1CC1. The Labute approximate surface area is 197 Å². The molecule has 0 aliphatic heterocycles. The predicted molar refractivity (Wildman–Crippen MR) is 127 cm³/mol. The molecule has 0 bridgehead atoms. The van der Waals surface area contributed by atoms with Crippen molar-refractivity contribution in [3.05, 3.63) is 76.5 Å². The van der Waals surface area contributed by atoms with Crippen molar-refractivity contribution in [1.29, 1.82) is 10.5 Å². The van der Waals surface area contributed by atoms with Crippen molar-refractivity contribution >= 4 is 23.6 Å². The minimum Gasteiger partial charge on any atom is -0.438 e. The van der Waals surface area contributed by atoms with Crippen LogP contribution in [-0.4, -0.2) is 21.9 Å². The van der Waals surface area contributed by atoms with Crippen molar-refractivity contribution in [3.63, 3.8) is 0 Å². The number of rotatable bonds is 7. The number of benzene rings is 2. The molecule has 1 aromatic heterocycles. The smallest absolute Gasteiger partial charge is 0.244 e. The molecule has 1 aliphatic carbocycles. The second-order valence-electron chi connectivity index (χ2n) is 8.04. The van der Waals surface area contributed by atoms with Gasteiger partial charge in [0, 0.05) is 24.0 Å². The molecule has 8 nitrogen and oxygen atoms in total. The number of hydrogen-bond donors (Lipinski definition) is 2. The van der Waals surface area contributed by atoms with Gasteiger partial charge in [-0.05, 0) is 80.3 Å². The first kappa shape index (κ1) is 22.5. The maximum Gasteiger partial charge on any atom is 0.244 e. The molecule has 2 aromatic carbocycles. The van der Waals surface area contributed by atoms with Crippen LogP contribution < -0.4 is 15.4 Å². The normalized spacial score (nSPS) is 12.6. The lowest BCUT2D eigenvalue weighted by atomic mass is 10.1. The number of carbonyl (C=O) groups is 1. The summed E-state index contributed by atoms with van der Waals surface area (Å²) < 4.78 is 6.18. The summed E-state index contributed by atoms with van der Waals surface area (Å²) in [6.07, 6.45) is 6.64. The van der Waals surface area contributed by atoms with Gasteiger partial charge in [-0.15, -0.1) is 0 Å². The lowest BCUT2D eigenvalue weighted by molar-refractivity contribution is -0.116. The summed E-state index contributed by atoms with van der Waals surface area (Å²) in [6, 6.07) is 14.9. The summed E-state index contributed by atoms with van der Waals surface area (Å²) in [7, 11) is 0. The molecule has 8 heteroatoms. The number of amides is 1. The summed E-state index contributed by atoms with van der Waals surface area (Å²) in [5.41, 5.74) is 3.91. The number of nitrogens with zero attached hydrogens (tertiary/aromatic N) is 4. The fraction of sp³-hybridized carbons (Fsp3) is 0.192. The van der Waals surface area contributed by atoms with Crippen molar-refractivity contribution in [3.8, 4) is 23.8 Å². The van der Waals surface area contributed by atoms with Gasteiger partial charge in [0.05, 0.1) is 28.8 Å². The van der Waals surface area contributed by atoms with Crippen LogP contribution in [0.1, 0.15) is 40.7 Å². The van der Waals surface area contributed by atoms with E-state index in [9.17, 15) is 10.1 Å². The van der Waals surface area contributed by atoms with Crippen LogP contribution in [0.15, 0.2) is 48.7 Å². The second kappa shape index (κ2) is 9.85. The van der Waals surface area contributed by atoms with Crippen molar-refractivity contribution in [1.82, 2.24) is 15.3 Å². The van der Waals surface area contributed by atoms with Crippen molar-refractivity contribution in [2.75, 3.05) is 5.32 Å². The van der Waals surface area contributed by atoms with Crippen LogP contribution in [0.25, 0.3) is 6.08 Å². The molecular weight excluding hydrogens is 428 g/mol. The number of carbonyl (C=O) groups excluding carboxylic acids is 1. The van der Waals surface area contributed by atoms with E-state index >= 15 is 0 Å². The van der Waals surface area contributed by atoms with Crippen molar-refractivity contribution < 1.29 is 9.53 Å². The molecule has 0 spiro atoms. The van der Waals surface area contributed by atoms with E-state index in [1.165, 1.54) is 6.08 Å². The van der Waals surface area contributed by atoms with Crippen molar-refractivity contribution in [2.45, 2.75) is 32.7 Å². The molecule has 1 heterocycles. The monoisotopic (exact) mass is 450 g/mol. The Morgan fingerprint density at radius 2 is 1.76 bits per heavy atom. The third kappa shape index (κ3) is 5.56. The maximum absolute atomic E-state index is 12.1. The third-order valence-electron chi connectivity index (χ3n) is 5.18. The molecule has 1 fully saturated rings. The minimum absolute atomic E-state index is 0.182. The summed E-state index contributed by atoms with van der Waals surface area (Å²) in [5, 5.41) is 24.2. The van der Waals surface area contributed by atoms with E-state index in [2.05, 4.69) is 32.7 Å². The number of aromatic nitrogens is 2. The molecule has 0 atom stereocenters. The standard InChI is InChI=1S/C26H22N6O2/c1-16-11-19(14-28)12-17(2)24(16)34-25-20(5-10-23(33)30-21-8-9-21)15-29-26(32-25)31-22-6-3-18(13-27)4-7-22/h3-7,10-12,15,21H,8-9H2,1-2H3,(H,30,33)(H,29,31,32)/b10-5+. The molecule has 0 radical (unpaired) electrons.